The maximum atomic E-state index is 12.0. The second-order valence-corrected chi connectivity index (χ2v) is 8.46. The Morgan fingerprint density at radius 3 is 2.25 bits per heavy atom. The summed E-state index contributed by atoms with van der Waals surface area (Å²) in [7, 11) is 0. The first-order chi connectivity index (χ1) is 13.2. The second-order valence-electron chi connectivity index (χ2n) is 7.48. The molecule has 1 amide bonds. The van der Waals surface area contributed by atoms with Crippen LogP contribution in [0.2, 0.25) is 0 Å². The number of non-ortho nitro benzene ring substituents is 1. The summed E-state index contributed by atoms with van der Waals surface area (Å²) in [5.41, 5.74) is 6.62. The van der Waals surface area contributed by atoms with Crippen LogP contribution in [0.3, 0.4) is 0 Å². The van der Waals surface area contributed by atoms with Gasteiger partial charge in [0.05, 0.1) is 16.4 Å². The lowest BCUT2D eigenvalue weighted by Gasteiger charge is -2.19. The Labute approximate surface area is 169 Å². The molecule has 0 unspecified atom stereocenters. The van der Waals surface area contributed by atoms with Gasteiger partial charge in [-0.25, -0.2) is 5.43 Å². The summed E-state index contributed by atoms with van der Waals surface area (Å²) in [4.78, 5) is 22.2. The number of nitrogens with one attached hydrogen (secondary N) is 1. The van der Waals surface area contributed by atoms with E-state index < -0.39 is 4.92 Å². The van der Waals surface area contributed by atoms with Gasteiger partial charge in [0, 0.05) is 17.9 Å². The minimum absolute atomic E-state index is 0.0619. The van der Waals surface area contributed by atoms with Gasteiger partial charge in [-0.15, -0.1) is 11.8 Å². The number of thioether (sulfide) groups is 1. The predicted molar refractivity (Wildman–Crippen MR) is 115 cm³/mol. The third-order valence-corrected chi connectivity index (χ3v) is 5.17. The van der Waals surface area contributed by atoms with Gasteiger partial charge >= 0.3 is 0 Å². The SMILES string of the molecule is C/C(=N/NC(=O)CSCc1ccc([N+](=O)[O-])cc1)c1ccc(C(C)(C)C)cc1. The smallest absolute Gasteiger partial charge is 0.269 e. The topological polar surface area (TPSA) is 84.6 Å². The highest BCUT2D eigenvalue weighted by atomic mass is 32.2. The maximum absolute atomic E-state index is 12.0. The quantitative estimate of drug-likeness (QED) is 0.417. The van der Waals surface area contributed by atoms with Crippen molar-refractivity contribution in [1.82, 2.24) is 5.43 Å². The van der Waals surface area contributed by atoms with Crippen LogP contribution in [-0.4, -0.2) is 22.3 Å². The molecule has 0 aliphatic heterocycles. The molecule has 0 aliphatic carbocycles. The predicted octanol–water partition coefficient (Wildman–Crippen LogP) is 4.67. The van der Waals surface area contributed by atoms with Gasteiger partial charge in [-0.3, -0.25) is 14.9 Å². The van der Waals surface area contributed by atoms with E-state index in [4.69, 9.17) is 0 Å². The van der Waals surface area contributed by atoms with E-state index in [-0.39, 0.29) is 22.8 Å². The van der Waals surface area contributed by atoms with Crippen LogP contribution < -0.4 is 5.43 Å². The maximum Gasteiger partial charge on any atom is 0.269 e. The standard InChI is InChI=1S/C21H25N3O3S/c1-15(17-7-9-18(10-8-17)21(2,3)4)22-23-20(25)14-28-13-16-5-11-19(12-6-16)24(26)27/h5-12H,13-14H2,1-4H3,(H,23,25)/b22-15-. The summed E-state index contributed by atoms with van der Waals surface area (Å²) in [5.74, 6) is 0.677. The molecular formula is C21H25N3O3S. The normalized spacial score (nSPS) is 11.9. The third-order valence-electron chi connectivity index (χ3n) is 4.17. The van der Waals surface area contributed by atoms with Crippen LogP contribution in [0.15, 0.2) is 53.6 Å². The number of hydrogen-bond donors (Lipinski definition) is 1. The lowest BCUT2D eigenvalue weighted by Crippen LogP contribution is -2.21. The van der Waals surface area contributed by atoms with Crippen molar-refractivity contribution in [3.05, 3.63) is 75.3 Å². The molecule has 0 spiro atoms. The Balaban J connectivity index is 1.81. The van der Waals surface area contributed by atoms with Crippen LogP contribution in [0, 0.1) is 10.1 Å². The molecule has 7 heteroatoms. The van der Waals surface area contributed by atoms with Gasteiger partial charge in [-0.1, -0.05) is 57.2 Å². The molecule has 0 heterocycles. The van der Waals surface area contributed by atoms with Gasteiger partial charge in [0.2, 0.25) is 5.91 Å². The molecule has 2 rings (SSSR count). The number of carbonyl (C=O) groups excluding carboxylic acids is 1. The van der Waals surface area contributed by atoms with Gasteiger partial charge in [-0.05, 0) is 29.0 Å². The molecule has 0 aliphatic rings. The molecule has 148 valence electrons. The highest BCUT2D eigenvalue weighted by Gasteiger charge is 2.13. The van der Waals surface area contributed by atoms with Crippen molar-refractivity contribution in [1.29, 1.82) is 0 Å². The average Bonchev–Trinajstić information content (AvgIpc) is 2.66. The Hall–Kier alpha value is -2.67. The Kier molecular flexibility index (Phi) is 7.34. The van der Waals surface area contributed by atoms with Crippen molar-refractivity contribution < 1.29 is 9.72 Å². The minimum Gasteiger partial charge on any atom is -0.272 e. The molecule has 6 nitrogen and oxygen atoms in total. The summed E-state index contributed by atoms with van der Waals surface area (Å²) in [5, 5.41) is 14.8. The van der Waals surface area contributed by atoms with Crippen molar-refractivity contribution in [2.24, 2.45) is 5.10 Å². The number of nitrogens with zero attached hydrogens (tertiary/aromatic N) is 2. The fraction of sp³-hybridized carbons (Fsp3) is 0.333. The molecule has 2 aromatic carbocycles. The largest absolute Gasteiger partial charge is 0.272 e. The zero-order valence-electron chi connectivity index (χ0n) is 16.6. The van der Waals surface area contributed by atoms with Gasteiger partial charge in [-0.2, -0.15) is 5.10 Å². The zero-order valence-corrected chi connectivity index (χ0v) is 17.4. The summed E-state index contributed by atoms with van der Waals surface area (Å²) >= 11 is 1.43. The molecule has 0 saturated heterocycles. The van der Waals surface area contributed by atoms with Crippen LogP contribution in [0.5, 0.6) is 0 Å². The first-order valence-electron chi connectivity index (χ1n) is 8.92. The highest BCUT2D eigenvalue weighted by molar-refractivity contribution is 7.99. The Morgan fingerprint density at radius 1 is 1.11 bits per heavy atom. The van der Waals surface area contributed by atoms with Gasteiger partial charge < -0.3 is 0 Å². The molecule has 1 N–H and O–H groups in total. The number of nitro benzene ring substituents is 1. The molecule has 0 atom stereocenters. The molecule has 0 aromatic heterocycles. The van der Waals surface area contributed by atoms with Crippen LogP contribution in [0.25, 0.3) is 0 Å². The van der Waals surface area contributed by atoms with E-state index in [2.05, 4.69) is 43.4 Å². The van der Waals surface area contributed by atoms with Gasteiger partial charge in [0.25, 0.3) is 5.69 Å². The minimum atomic E-state index is -0.429. The Morgan fingerprint density at radius 2 is 1.71 bits per heavy atom. The van der Waals surface area contributed by atoms with E-state index in [0.717, 1.165) is 16.8 Å². The van der Waals surface area contributed by atoms with E-state index in [1.807, 2.05) is 19.1 Å². The number of benzene rings is 2. The third kappa shape index (κ3) is 6.49. The van der Waals surface area contributed by atoms with Crippen LogP contribution in [0.4, 0.5) is 5.69 Å². The fourth-order valence-electron chi connectivity index (χ4n) is 2.43. The van der Waals surface area contributed by atoms with Crippen molar-refractivity contribution in [3.8, 4) is 0 Å². The molecular weight excluding hydrogens is 374 g/mol. The fourth-order valence-corrected chi connectivity index (χ4v) is 3.21. The van der Waals surface area contributed by atoms with E-state index in [0.29, 0.717) is 5.75 Å². The molecule has 0 fully saturated rings. The number of amides is 1. The van der Waals surface area contributed by atoms with E-state index in [1.165, 1.54) is 29.5 Å². The lowest BCUT2D eigenvalue weighted by atomic mass is 9.86. The molecule has 2 aromatic rings. The first-order valence-corrected chi connectivity index (χ1v) is 10.1. The lowest BCUT2D eigenvalue weighted by molar-refractivity contribution is -0.384. The van der Waals surface area contributed by atoms with E-state index in [9.17, 15) is 14.9 Å². The van der Waals surface area contributed by atoms with Crippen LogP contribution >= 0.6 is 11.8 Å². The van der Waals surface area contributed by atoms with Crippen LogP contribution in [-0.2, 0) is 16.0 Å². The zero-order chi connectivity index (χ0) is 20.7. The number of carbonyl (C=O) groups is 1. The highest BCUT2D eigenvalue weighted by Crippen LogP contribution is 2.22. The number of hydrogen-bond acceptors (Lipinski definition) is 5. The van der Waals surface area contributed by atoms with E-state index >= 15 is 0 Å². The molecule has 28 heavy (non-hydrogen) atoms. The summed E-state index contributed by atoms with van der Waals surface area (Å²) < 4.78 is 0. The Bertz CT molecular complexity index is 854. The average molecular weight is 400 g/mol. The van der Waals surface area contributed by atoms with E-state index in [1.54, 1.807) is 12.1 Å². The number of nitro groups is 1. The van der Waals surface area contributed by atoms with Crippen LogP contribution in [0.1, 0.15) is 44.4 Å². The molecule has 0 bridgehead atoms. The number of hydrazone groups is 1. The summed E-state index contributed by atoms with van der Waals surface area (Å²) in [6.45, 7) is 8.35. The van der Waals surface area contributed by atoms with Gasteiger partial charge in [0.1, 0.15) is 0 Å². The monoisotopic (exact) mass is 399 g/mol. The summed E-state index contributed by atoms with van der Waals surface area (Å²) in [6, 6.07) is 14.5. The molecule has 0 radical (unpaired) electrons. The first kappa shape index (κ1) is 21.6. The number of rotatable bonds is 7. The van der Waals surface area contributed by atoms with Crippen molar-refractivity contribution in [2.75, 3.05) is 5.75 Å². The van der Waals surface area contributed by atoms with Crippen molar-refractivity contribution in [3.63, 3.8) is 0 Å². The van der Waals surface area contributed by atoms with Crippen molar-refractivity contribution >= 4 is 29.1 Å². The van der Waals surface area contributed by atoms with Gasteiger partial charge in [0.15, 0.2) is 0 Å². The summed E-state index contributed by atoms with van der Waals surface area (Å²) in [6.07, 6.45) is 0. The second kappa shape index (κ2) is 9.50. The molecule has 0 saturated carbocycles. The van der Waals surface area contributed by atoms with Crippen molar-refractivity contribution in [2.45, 2.75) is 38.9 Å².